The Morgan fingerprint density at radius 3 is 2.38 bits per heavy atom. The second-order valence-corrected chi connectivity index (χ2v) is 3.23. The lowest BCUT2D eigenvalue weighted by atomic mass is 10.1. The van der Waals surface area contributed by atoms with Crippen LogP contribution in [0.5, 0.6) is 0 Å². The second-order valence-electron chi connectivity index (χ2n) is 2.52. The van der Waals surface area contributed by atoms with Crippen LogP contribution in [0.2, 0.25) is 5.02 Å². The van der Waals surface area contributed by atoms with Gasteiger partial charge in [-0.3, -0.25) is 4.79 Å². The second kappa shape index (κ2) is 5.05. The molecule has 0 aliphatic rings. The molecule has 0 aromatic heterocycles. The normalized spacial score (nSPS) is 11.4. The van der Waals surface area contributed by atoms with Crippen LogP contribution in [0.15, 0.2) is 29.8 Å². The molecule has 0 heterocycles. The number of hydrogen-bond acceptors (Lipinski definition) is 1. The van der Waals surface area contributed by atoms with Crippen molar-refractivity contribution in [2.24, 2.45) is 0 Å². The maximum Gasteiger partial charge on any atom is 0.147 e. The lowest BCUT2D eigenvalue weighted by Gasteiger charge is -1.95. The summed E-state index contributed by atoms with van der Waals surface area (Å²) in [5.74, 6) is 0.228. The van der Waals surface area contributed by atoms with Gasteiger partial charge in [-0.15, -0.1) is 11.6 Å². The molecule has 0 aliphatic heterocycles. The summed E-state index contributed by atoms with van der Waals surface area (Å²) >= 11 is 11.2. The van der Waals surface area contributed by atoms with Crippen LogP contribution < -0.4 is 0 Å². The van der Waals surface area contributed by atoms with Gasteiger partial charge in [-0.25, -0.2) is 0 Å². The van der Waals surface area contributed by atoms with Crippen LogP contribution >= 0.6 is 23.2 Å². The third-order valence-corrected chi connectivity index (χ3v) is 2.09. The summed E-state index contributed by atoms with van der Waals surface area (Å²) in [6, 6.07) is 7.20. The van der Waals surface area contributed by atoms with E-state index >= 15 is 0 Å². The molecule has 0 aliphatic carbocycles. The number of carbonyl (C=O) groups excluding carboxylic acids is 1. The van der Waals surface area contributed by atoms with E-state index in [0.29, 0.717) is 10.6 Å². The molecule has 0 radical (unpaired) electrons. The molecule has 3 heteroatoms. The summed E-state index contributed by atoms with van der Waals surface area (Å²) < 4.78 is 0. The first-order valence-corrected chi connectivity index (χ1v) is 4.65. The molecule has 68 valence electrons. The Hall–Kier alpha value is -0.790. The zero-order valence-electron chi connectivity index (χ0n) is 6.84. The van der Waals surface area contributed by atoms with Crippen molar-refractivity contribution in [1.82, 2.24) is 0 Å². The maximum atomic E-state index is 10.4. The smallest absolute Gasteiger partial charge is 0.147 e. The quantitative estimate of drug-likeness (QED) is 0.430. The molecule has 0 spiro atoms. The number of allylic oxidation sites excluding steroid dienone is 1. The Morgan fingerprint density at radius 1 is 1.31 bits per heavy atom. The number of carbonyl (C=O) groups is 1. The van der Waals surface area contributed by atoms with Crippen LogP contribution in [0.3, 0.4) is 0 Å². The largest absolute Gasteiger partial charge is 0.298 e. The van der Waals surface area contributed by atoms with Crippen molar-refractivity contribution in [1.29, 1.82) is 0 Å². The van der Waals surface area contributed by atoms with E-state index in [1.54, 1.807) is 18.2 Å². The van der Waals surface area contributed by atoms with E-state index < -0.39 is 0 Å². The summed E-state index contributed by atoms with van der Waals surface area (Å²) in [5, 5.41) is 0.677. The van der Waals surface area contributed by atoms with Crippen molar-refractivity contribution in [3.05, 3.63) is 40.4 Å². The van der Waals surface area contributed by atoms with Crippen LogP contribution in [-0.2, 0) is 4.79 Å². The fourth-order valence-corrected chi connectivity index (χ4v) is 1.14. The number of aldehydes is 1. The summed E-state index contributed by atoms with van der Waals surface area (Å²) in [4.78, 5) is 10.4. The van der Waals surface area contributed by atoms with E-state index in [2.05, 4.69) is 0 Å². The van der Waals surface area contributed by atoms with Gasteiger partial charge in [0, 0.05) is 10.6 Å². The van der Waals surface area contributed by atoms with Gasteiger partial charge in [0.15, 0.2) is 0 Å². The topological polar surface area (TPSA) is 17.1 Å². The summed E-state index contributed by atoms with van der Waals surface area (Å²) in [6.45, 7) is 0. The highest BCUT2D eigenvalue weighted by Crippen LogP contribution is 2.12. The molecule has 0 amide bonds. The first-order chi connectivity index (χ1) is 6.26. The van der Waals surface area contributed by atoms with Gasteiger partial charge in [0.25, 0.3) is 0 Å². The molecular formula is C10H8Cl2O. The highest BCUT2D eigenvalue weighted by atomic mass is 35.5. The molecule has 1 aromatic rings. The standard InChI is InChI=1S/C10H8Cl2O/c11-6-9(7-13)5-8-1-3-10(12)4-2-8/h1-5,7H,6H2/b9-5+. The summed E-state index contributed by atoms with van der Waals surface area (Å²) in [6.07, 6.45) is 2.48. The molecule has 1 nitrogen and oxygen atoms in total. The monoisotopic (exact) mass is 214 g/mol. The van der Waals surface area contributed by atoms with Crippen molar-refractivity contribution >= 4 is 35.6 Å². The van der Waals surface area contributed by atoms with Crippen molar-refractivity contribution in [3.8, 4) is 0 Å². The predicted molar refractivity (Wildman–Crippen MR) is 56.2 cm³/mol. The maximum absolute atomic E-state index is 10.4. The number of halogens is 2. The lowest BCUT2D eigenvalue weighted by Crippen LogP contribution is -1.85. The summed E-state index contributed by atoms with van der Waals surface area (Å²) in [7, 11) is 0. The molecule has 0 saturated carbocycles. The molecule has 1 rings (SSSR count). The zero-order valence-corrected chi connectivity index (χ0v) is 8.35. The van der Waals surface area contributed by atoms with Crippen molar-refractivity contribution in [2.45, 2.75) is 0 Å². The molecule has 13 heavy (non-hydrogen) atoms. The molecular weight excluding hydrogens is 207 g/mol. The minimum atomic E-state index is 0.228. The Labute approximate surface area is 87.0 Å². The van der Waals surface area contributed by atoms with Gasteiger partial charge in [-0.2, -0.15) is 0 Å². The highest BCUT2D eigenvalue weighted by molar-refractivity contribution is 6.30. The minimum absolute atomic E-state index is 0.228. The lowest BCUT2D eigenvalue weighted by molar-refractivity contribution is -0.104. The van der Waals surface area contributed by atoms with Gasteiger partial charge >= 0.3 is 0 Å². The SMILES string of the molecule is O=C/C(=C/c1ccc(Cl)cc1)CCl. The molecule has 0 bridgehead atoms. The number of alkyl halides is 1. The molecule has 0 fully saturated rings. The Bertz CT molecular complexity index is 314. The van der Waals surface area contributed by atoms with Crippen LogP contribution in [0, 0.1) is 0 Å². The number of rotatable bonds is 3. The van der Waals surface area contributed by atoms with Crippen LogP contribution in [0.1, 0.15) is 5.56 Å². The van der Waals surface area contributed by atoms with E-state index in [1.165, 1.54) is 0 Å². The fourth-order valence-electron chi connectivity index (χ4n) is 0.877. The summed E-state index contributed by atoms with van der Waals surface area (Å²) in [5.41, 5.74) is 1.48. The van der Waals surface area contributed by atoms with Gasteiger partial charge in [-0.1, -0.05) is 23.7 Å². The van der Waals surface area contributed by atoms with E-state index in [1.807, 2.05) is 12.1 Å². The number of benzene rings is 1. The minimum Gasteiger partial charge on any atom is -0.298 e. The fraction of sp³-hybridized carbons (Fsp3) is 0.100. The van der Waals surface area contributed by atoms with Crippen LogP contribution in [0.4, 0.5) is 0 Å². The van der Waals surface area contributed by atoms with Gasteiger partial charge < -0.3 is 0 Å². The first-order valence-electron chi connectivity index (χ1n) is 3.73. The van der Waals surface area contributed by atoms with Crippen molar-refractivity contribution in [3.63, 3.8) is 0 Å². The van der Waals surface area contributed by atoms with Crippen LogP contribution in [-0.4, -0.2) is 12.2 Å². The highest BCUT2D eigenvalue weighted by Gasteiger charge is 1.93. The van der Waals surface area contributed by atoms with Gasteiger partial charge in [-0.05, 0) is 23.8 Å². The van der Waals surface area contributed by atoms with E-state index in [0.717, 1.165) is 11.8 Å². The predicted octanol–water partition coefficient (Wildman–Crippen LogP) is 3.16. The first kappa shape index (κ1) is 10.3. The van der Waals surface area contributed by atoms with Gasteiger partial charge in [0.05, 0.1) is 5.88 Å². The third-order valence-electron chi connectivity index (χ3n) is 1.53. The van der Waals surface area contributed by atoms with Crippen molar-refractivity contribution in [2.75, 3.05) is 5.88 Å². The molecule has 1 aromatic carbocycles. The van der Waals surface area contributed by atoms with Gasteiger partial charge in [0.1, 0.15) is 6.29 Å². The van der Waals surface area contributed by atoms with Gasteiger partial charge in [0.2, 0.25) is 0 Å². The third kappa shape index (κ3) is 3.21. The molecule has 0 N–H and O–H groups in total. The Kier molecular flexibility index (Phi) is 4.00. The van der Waals surface area contributed by atoms with Crippen LogP contribution in [0.25, 0.3) is 6.08 Å². The molecule has 0 saturated heterocycles. The van der Waals surface area contributed by atoms with E-state index in [4.69, 9.17) is 23.2 Å². The van der Waals surface area contributed by atoms with E-state index in [-0.39, 0.29) is 5.88 Å². The van der Waals surface area contributed by atoms with Crippen molar-refractivity contribution < 1.29 is 4.79 Å². The Morgan fingerprint density at radius 2 is 1.92 bits per heavy atom. The average Bonchev–Trinajstić information content (AvgIpc) is 2.17. The van der Waals surface area contributed by atoms with E-state index in [9.17, 15) is 4.79 Å². The zero-order chi connectivity index (χ0) is 9.68. The molecule has 0 atom stereocenters. The average molecular weight is 215 g/mol. The Balaban J connectivity index is 2.90. The number of hydrogen-bond donors (Lipinski definition) is 0. The molecule has 0 unspecified atom stereocenters.